The van der Waals surface area contributed by atoms with E-state index in [1.54, 1.807) is 0 Å². The molecule has 0 aromatic carbocycles. The minimum Gasteiger partial charge on any atom is -0.309 e. The third-order valence-electron chi connectivity index (χ3n) is 1.93. The Balaban J connectivity index is 3.77. The first kappa shape index (κ1) is 11.7. The molecule has 0 aliphatic carbocycles. The summed E-state index contributed by atoms with van der Waals surface area (Å²) in [6.45, 7) is 9.55. The van der Waals surface area contributed by atoms with E-state index in [0.29, 0.717) is 0 Å². The first-order valence-electron chi connectivity index (χ1n) is 4.81. The summed E-state index contributed by atoms with van der Waals surface area (Å²) in [6.07, 6.45) is 4.50. The first-order valence-corrected chi connectivity index (χ1v) is 4.81. The van der Waals surface area contributed by atoms with E-state index in [-0.39, 0.29) is 0 Å². The van der Waals surface area contributed by atoms with Gasteiger partial charge >= 0.3 is 0 Å². The molecular formula is C11H23N. The Labute approximate surface area is 77.5 Å². The highest BCUT2D eigenvalue weighted by Gasteiger charge is 2.09. The average molecular weight is 169 g/mol. The van der Waals surface area contributed by atoms with Crippen molar-refractivity contribution < 1.29 is 0 Å². The second kappa shape index (κ2) is 6.24. The van der Waals surface area contributed by atoms with Crippen LogP contribution in [0.4, 0.5) is 0 Å². The van der Waals surface area contributed by atoms with Gasteiger partial charge in [0.1, 0.15) is 0 Å². The molecule has 0 amide bonds. The third-order valence-corrected chi connectivity index (χ3v) is 1.93. The van der Waals surface area contributed by atoms with Gasteiger partial charge in [0, 0.05) is 6.54 Å². The van der Waals surface area contributed by atoms with Crippen LogP contribution >= 0.6 is 0 Å². The van der Waals surface area contributed by atoms with Crippen LogP contribution in [0.2, 0.25) is 0 Å². The molecule has 0 aliphatic rings. The van der Waals surface area contributed by atoms with Crippen molar-refractivity contribution in [3.8, 4) is 0 Å². The number of hydrogen-bond acceptors (Lipinski definition) is 1. The van der Waals surface area contributed by atoms with Gasteiger partial charge in [-0.2, -0.15) is 0 Å². The maximum absolute atomic E-state index is 3.80. The molecule has 0 saturated carbocycles. The normalized spacial score (nSPS) is 13.8. The summed E-state index contributed by atoms with van der Waals surface area (Å²) < 4.78 is 0. The minimum atomic E-state index is 0.789. The molecule has 1 heteroatoms. The predicted octanol–water partition coefficient (Wildman–Crippen LogP) is 2.79. The summed E-state index contributed by atoms with van der Waals surface area (Å²) >= 11 is 0. The Morgan fingerprint density at radius 3 is 2.25 bits per heavy atom. The van der Waals surface area contributed by atoms with Crippen molar-refractivity contribution in [3.05, 3.63) is 12.7 Å². The van der Waals surface area contributed by atoms with E-state index in [9.17, 15) is 0 Å². The second-order valence-electron chi connectivity index (χ2n) is 4.28. The standard InChI is InChI=1S/C11H23N/c1-6-7-11(8-10(2)3)9-12(4)5/h6,10-11H,1,7-9H2,2-5H3. The molecule has 0 spiro atoms. The Morgan fingerprint density at radius 1 is 1.33 bits per heavy atom. The Morgan fingerprint density at radius 2 is 1.92 bits per heavy atom. The van der Waals surface area contributed by atoms with E-state index in [2.05, 4.69) is 39.4 Å². The molecule has 0 aliphatic heterocycles. The quantitative estimate of drug-likeness (QED) is 0.553. The van der Waals surface area contributed by atoms with Crippen molar-refractivity contribution >= 4 is 0 Å². The average Bonchev–Trinajstić information content (AvgIpc) is 1.84. The molecule has 0 N–H and O–H groups in total. The van der Waals surface area contributed by atoms with Crippen molar-refractivity contribution in [2.24, 2.45) is 11.8 Å². The Bertz CT molecular complexity index is 106. The second-order valence-corrected chi connectivity index (χ2v) is 4.28. The molecule has 0 aromatic heterocycles. The fraction of sp³-hybridized carbons (Fsp3) is 0.818. The molecule has 0 saturated heterocycles. The smallest absolute Gasteiger partial charge is 0.000662 e. The molecular weight excluding hydrogens is 146 g/mol. The SMILES string of the molecule is C=CCC(CC(C)C)CN(C)C. The van der Waals surface area contributed by atoms with Gasteiger partial charge in [-0.05, 0) is 38.8 Å². The van der Waals surface area contributed by atoms with Crippen LogP contribution in [0.15, 0.2) is 12.7 Å². The molecule has 12 heavy (non-hydrogen) atoms. The molecule has 0 aromatic rings. The van der Waals surface area contributed by atoms with E-state index in [0.717, 1.165) is 18.3 Å². The van der Waals surface area contributed by atoms with Crippen molar-refractivity contribution in [2.75, 3.05) is 20.6 Å². The zero-order chi connectivity index (χ0) is 9.56. The minimum absolute atomic E-state index is 0.789. The van der Waals surface area contributed by atoms with Crippen LogP contribution in [0, 0.1) is 11.8 Å². The molecule has 0 rings (SSSR count). The largest absolute Gasteiger partial charge is 0.309 e. The highest BCUT2D eigenvalue weighted by molar-refractivity contribution is 4.75. The van der Waals surface area contributed by atoms with Crippen molar-refractivity contribution in [1.82, 2.24) is 4.90 Å². The Hall–Kier alpha value is -0.300. The fourth-order valence-electron chi connectivity index (χ4n) is 1.66. The molecule has 1 nitrogen and oxygen atoms in total. The lowest BCUT2D eigenvalue weighted by Crippen LogP contribution is -2.22. The van der Waals surface area contributed by atoms with E-state index >= 15 is 0 Å². The fourth-order valence-corrected chi connectivity index (χ4v) is 1.66. The maximum Gasteiger partial charge on any atom is 0.000662 e. The predicted molar refractivity (Wildman–Crippen MR) is 56.3 cm³/mol. The van der Waals surface area contributed by atoms with Gasteiger partial charge in [-0.15, -0.1) is 6.58 Å². The number of rotatable bonds is 6. The van der Waals surface area contributed by atoms with Crippen LogP contribution in [0.3, 0.4) is 0 Å². The molecule has 0 bridgehead atoms. The lowest BCUT2D eigenvalue weighted by molar-refractivity contribution is 0.291. The van der Waals surface area contributed by atoms with Crippen LogP contribution in [-0.4, -0.2) is 25.5 Å². The highest BCUT2D eigenvalue weighted by Crippen LogP contribution is 2.16. The van der Waals surface area contributed by atoms with Gasteiger partial charge in [0.2, 0.25) is 0 Å². The lowest BCUT2D eigenvalue weighted by Gasteiger charge is -2.21. The summed E-state index contributed by atoms with van der Waals surface area (Å²) in [4.78, 5) is 2.26. The van der Waals surface area contributed by atoms with Gasteiger partial charge in [0.25, 0.3) is 0 Å². The molecule has 1 unspecified atom stereocenters. The number of nitrogens with zero attached hydrogens (tertiary/aromatic N) is 1. The highest BCUT2D eigenvalue weighted by atomic mass is 15.1. The van der Waals surface area contributed by atoms with E-state index in [1.165, 1.54) is 13.0 Å². The van der Waals surface area contributed by atoms with Crippen LogP contribution < -0.4 is 0 Å². The van der Waals surface area contributed by atoms with Gasteiger partial charge in [-0.3, -0.25) is 0 Å². The van der Waals surface area contributed by atoms with Crippen LogP contribution in [0.1, 0.15) is 26.7 Å². The summed E-state index contributed by atoms with van der Waals surface area (Å²) in [5.74, 6) is 1.59. The molecule has 0 fully saturated rings. The van der Waals surface area contributed by atoms with Crippen molar-refractivity contribution in [1.29, 1.82) is 0 Å². The van der Waals surface area contributed by atoms with Gasteiger partial charge in [0.15, 0.2) is 0 Å². The third kappa shape index (κ3) is 6.41. The van der Waals surface area contributed by atoms with Crippen molar-refractivity contribution in [3.63, 3.8) is 0 Å². The summed E-state index contributed by atoms with van der Waals surface area (Å²) in [5, 5.41) is 0. The first-order chi connectivity index (χ1) is 5.56. The maximum atomic E-state index is 3.80. The number of allylic oxidation sites excluding steroid dienone is 1. The topological polar surface area (TPSA) is 3.24 Å². The zero-order valence-electron chi connectivity index (χ0n) is 9.01. The van der Waals surface area contributed by atoms with Gasteiger partial charge in [-0.25, -0.2) is 0 Å². The van der Waals surface area contributed by atoms with Gasteiger partial charge in [0.05, 0.1) is 0 Å². The van der Waals surface area contributed by atoms with E-state index in [4.69, 9.17) is 0 Å². The van der Waals surface area contributed by atoms with Gasteiger partial charge < -0.3 is 4.90 Å². The zero-order valence-corrected chi connectivity index (χ0v) is 9.01. The number of hydrogen-bond donors (Lipinski definition) is 0. The Kier molecular flexibility index (Phi) is 6.09. The molecule has 0 heterocycles. The van der Waals surface area contributed by atoms with Gasteiger partial charge in [-0.1, -0.05) is 19.9 Å². The van der Waals surface area contributed by atoms with Crippen LogP contribution in [0.25, 0.3) is 0 Å². The van der Waals surface area contributed by atoms with Crippen LogP contribution in [0.5, 0.6) is 0 Å². The van der Waals surface area contributed by atoms with Crippen molar-refractivity contribution in [2.45, 2.75) is 26.7 Å². The summed E-state index contributed by atoms with van der Waals surface area (Å²) in [5.41, 5.74) is 0. The summed E-state index contributed by atoms with van der Waals surface area (Å²) in [7, 11) is 4.27. The monoisotopic (exact) mass is 169 g/mol. The lowest BCUT2D eigenvalue weighted by atomic mass is 9.94. The summed E-state index contributed by atoms with van der Waals surface area (Å²) in [6, 6.07) is 0. The molecule has 72 valence electrons. The van der Waals surface area contributed by atoms with E-state index in [1.807, 2.05) is 6.08 Å². The van der Waals surface area contributed by atoms with Crippen LogP contribution in [-0.2, 0) is 0 Å². The molecule has 0 radical (unpaired) electrons. The van der Waals surface area contributed by atoms with E-state index < -0.39 is 0 Å². The molecule has 1 atom stereocenters.